The van der Waals surface area contributed by atoms with Crippen molar-refractivity contribution in [2.45, 2.75) is 6.92 Å². The molecule has 0 saturated heterocycles. The number of pyridine rings is 1. The number of ether oxygens (including phenoxy) is 1. The summed E-state index contributed by atoms with van der Waals surface area (Å²) in [5.41, 5.74) is 8.37. The molecule has 3 aromatic rings. The molecule has 0 aliphatic heterocycles. The van der Waals surface area contributed by atoms with Crippen molar-refractivity contribution in [3.05, 3.63) is 57.7 Å². The fraction of sp³-hybridized carbons (Fsp3) is 0.0625. The van der Waals surface area contributed by atoms with Crippen LogP contribution in [0.5, 0.6) is 11.5 Å². The molecule has 1 heterocycles. The minimum Gasteiger partial charge on any atom is -0.453 e. The van der Waals surface area contributed by atoms with Crippen LogP contribution < -0.4 is 10.5 Å². The quantitative estimate of drug-likeness (QED) is 0.669. The van der Waals surface area contributed by atoms with Crippen molar-refractivity contribution in [1.29, 1.82) is 0 Å². The standard InChI is InChI=1S/C16H12BrClN2O/c1-9-2-5-15(12(18)6-9)21-16-11-7-10(17)3-4-14(11)20-8-13(16)19/h2-8H,19H2,1H3. The Kier molecular flexibility index (Phi) is 3.74. The molecule has 0 radical (unpaired) electrons. The first-order valence-corrected chi connectivity index (χ1v) is 7.49. The largest absolute Gasteiger partial charge is 0.453 e. The Morgan fingerprint density at radius 2 is 2.00 bits per heavy atom. The van der Waals surface area contributed by atoms with Gasteiger partial charge < -0.3 is 10.5 Å². The molecule has 3 rings (SSSR count). The highest BCUT2D eigenvalue weighted by molar-refractivity contribution is 9.10. The van der Waals surface area contributed by atoms with Gasteiger partial charge in [-0.05, 0) is 42.8 Å². The molecule has 5 heteroatoms. The van der Waals surface area contributed by atoms with Gasteiger partial charge in [-0.25, -0.2) is 0 Å². The number of hydrogen-bond donors (Lipinski definition) is 1. The molecule has 0 fully saturated rings. The van der Waals surface area contributed by atoms with E-state index in [0.717, 1.165) is 20.9 Å². The number of aromatic nitrogens is 1. The fourth-order valence-corrected chi connectivity index (χ4v) is 2.70. The van der Waals surface area contributed by atoms with E-state index in [0.29, 0.717) is 22.2 Å². The zero-order chi connectivity index (χ0) is 15.0. The summed E-state index contributed by atoms with van der Waals surface area (Å²) in [5.74, 6) is 1.13. The molecule has 0 spiro atoms. The van der Waals surface area contributed by atoms with Gasteiger partial charge in [0.15, 0.2) is 5.75 Å². The highest BCUT2D eigenvalue weighted by Crippen LogP contribution is 2.38. The normalized spacial score (nSPS) is 10.8. The first-order valence-electron chi connectivity index (χ1n) is 6.32. The number of aryl methyl sites for hydroxylation is 1. The predicted molar refractivity (Wildman–Crippen MR) is 90.1 cm³/mol. The van der Waals surface area contributed by atoms with Crippen molar-refractivity contribution >= 4 is 44.1 Å². The highest BCUT2D eigenvalue weighted by Gasteiger charge is 2.12. The minimum atomic E-state index is 0.470. The summed E-state index contributed by atoms with van der Waals surface area (Å²) in [6.45, 7) is 1.98. The molecule has 1 aromatic heterocycles. The Balaban J connectivity index is 2.15. The van der Waals surface area contributed by atoms with Crippen LogP contribution >= 0.6 is 27.5 Å². The number of rotatable bonds is 2. The summed E-state index contributed by atoms with van der Waals surface area (Å²) in [6.07, 6.45) is 1.59. The molecule has 0 amide bonds. The van der Waals surface area contributed by atoms with Gasteiger partial charge in [-0.3, -0.25) is 4.98 Å². The smallest absolute Gasteiger partial charge is 0.161 e. The number of nitrogens with two attached hydrogens (primary N) is 1. The van der Waals surface area contributed by atoms with E-state index in [4.69, 9.17) is 22.1 Å². The van der Waals surface area contributed by atoms with Gasteiger partial charge in [0.05, 0.1) is 22.4 Å². The summed E-state index contributed by atoms with van der Waals surface area (Å²) in [6, 6.07) is 11.4. The third-order valence-electron chi connectivity index (χ3n) is 3.11. The van der Waals surface area contributed by atoms with Crippen molar-refractivity contribution in [3.8, 4) is 11.5 Å². The fourth-order valence-electron chi connectivity index (χ4n) is 2.07. The molecule has 0 aliphatic carbocycles. The van der Waals surface area contributed by atoms with Gasteiger partial charge in [0.25, 0.3) is 0 Å². The number of hydrogen-bond acceptors (Lipinski definition) is 3. The van der Waals surface area contributed by atoms with Crippen LogP contribution in [0.15, 0.2) is 47.1 Å². The molecule has 3 nitrogen and oxygen atoms in total. The Morgan fingerprint density at radius 1 is 1.19 bits per heavy atom. The zero-order valence-corrected chi connectivity index (χ0v) is 13.6. The van der Waals surface area contributed by atoms with Crippen molar-refractivity contribution in [1.82, 2.24) is 4.98 Å². The lowest BCUT2D eigenvalue weighted by atomic mass is 10.2. The highest BCUT2D eigenvalue weighted by atomic mass is 79.9. The second-order valence-electron chi connectivity index (χ2n) is 4.74. The van der Waals surface area contributed by atoms with Crippen LogP contribution in [0.4, 0.5) is 5.69 Å². The molecule has 0 atom stereocenters. The molecule has 0 aliphatic rings. The third kappa shape index (κ3) is 2.82. The van der Waals surface area contributed by atoms with Gasteiger partial charge in [0.1, 0.15) is 5.75 Å². The number of nitrogen functional groups attached to an aromatic ring is 1. The van der Waals surface area contributed by atoms with Gasteiger partial charge in [-0.2, -0.15) is 0 Å². The molecule has 0 unspecified atom stereocenters. The van der Waals surface area contributed by atoms with Crippen LogP contribution in [0.1, 0.15) is 5.56 Å². The maximum atomic E-state index is 6.22. The van der Waals surface area contributed by atoms with Gasteiger partial charge in [0, 0.05) is 9.86 Å². The van der Waals surface area contributed by atoms with E-state index in [1.165, 1.54) is 0 Å². The third-order valence-corrected chi connectivity index (χ3v) is 3.90. The van der Waals surface area contributed by atoms with Gasteiger partial charge >= 0.3 is 0 Å². The number of halogens is 2. The van der Waals surface area contributed by atoms with E-state index < -0.39 is 0 Å². The number of fused-ring (bicyclic) bond motifs is 1. The summed E-state index contributed by atoms with van der Waals surface area (Å²) < 4.78 is 6.88. The molecular weight excluding hydrogens is 352 g/mol. The summed E-state index contributed by atoms with van der Waals surface area (Å²) in [7, 11) is 0. The Labute approximate surface area is 135 Å². The van der Waals surface area contributed by atoms with Crippen LogP contribution in [0.3, 0.4) is 0 Å². The molecule has 21 heavy (non-hydrogen) atoms. The van der Waals surface area contributed by atoms with Crippen LogP contribution in [-0.2, 0) is 0 Å². The maximum absolute atomic E-state index is 6.22. The average molecular weight is 364 g/mol. The van der Waals surface area contributed by atoms with E-state index in [1.807, 2.05) is 43.3 Å². The predicted octanol–water partition coefficient (Wildman–Crippen LogP) is 5.33. The lowest BCUT2D eigenvalue weighted by Crippen LogP contribution is -1.95. The van der Waals surface area contributed by atoms with Crippen molar-refractivity contribution in [3.63, 3.8) is 0 Å². The topological polar surface area (TPSA) is 48.1 Å². The van der Waals surface area contributed by atoms with Crippen molar-refractivity contribution in [2.75, 3.05) is 5.73 Å². The number of benzene rings is 2. The average Bonchev–Trinajstić information content (AvgIpc) is 2.44. The lowest BCUT2D eigenvalue weighted by Gasteiger charge is -2.13. The molecule has 0 saturated carbocycles. The summed E-state index contributed by atoms with van der Waals surface area (Å²) in [4.78, 5) is 4.30. The molecule has 2 aromatic carbocycles. The molecular formula is C16H12BrClN2O. The maximum Gasteiger partial charge on any atom is 0.161 e. The van der Waals surface area contributed by atoms with Gasteiger partial charge in [-0.15, -0.1) is 0 Å². The summed E-state index contributed by atoms with van der Waals surface area (Å²) in [5, 5.41) is 1.38. The van der Waals surface area contributed by atoms with Crippen molar-refractivity contribution in [2.24, 2.45) is 0 Å². The lowest BCUT2D eigenvalue weighted by molar-refractivity contribution is 0.490. The van der Waals surface area contributed by atoms with E-state index in [-0.39, 0.29) is 0 Å². The Morgan fingerprint density at radius 3 is 2.76 bits per heavy atom. The Bertz CT molecular complexity index is 831. The number of anilines is 1. The summed E-state index contributed by atoms with van der Waals surface area (Å²) >= 11 is 9.67. The van der Waals surface area contributed by atoms with Crippen LogP contribution in [-0.4, -0.2) is 4.98 Å². The van der Waals surface area contributed by atoms with Gasteiger partial charge in [0.2, 0.25) is 0 Å². The van der Waals surface area contributed by atoms with Crippen LogP contribution in [0.2, 0.25) is 5.02 Å². The second kappa shape index (κ2) is 5.54. The van der Waals surface area contributed by atoms with E-state index in [2.05, 4.69) is 20.9 Å². The molecule has 2 N–H and O–H groups in total. The van der Waals surface area contributed by atoms with E-state index in [1.54, 1.807) is 6.20 Å². The van der Waals surface area contributed by atoms with Crippen molar-refractivity contribution < 1.29 is 4.74 Å². The monoisotopic (exact) mass is 362 g/mol. The molecule has 106 valence electrons. The second-order valence-corrected chi connectivity index (χ2v) is 6.06. The van der Waals surface area contributed by atoms with Gasteiger partial charge in [-0.1, -0.05) is 33.6 Å². The first kappa shape index (κ1) is 14.2. The van der Waals surface area contributed by atoms with E-state index >= 15 is 0 Å². The first-order chi connectivity index (χ1) is 10.0. The molecule has 0 bridgehead atoms. The minimum absolute atomic E-state index is 0.470. The Hall–Kier alpha value is -1.78. The SMILES string of the molecule is Cc1ccc(Oc2c(N)cnc3ccc(Br)cc23)c(Cl)c1. The number of nitrogens with zero attached hydrogens (tertiary/aromatic N) is 1. The van der Waals surface area contributed by atoms with E-state index in [9.17, 15) is 0 Å². The van der Waals surface area contributed by atoms with Crippen LogP contribution in [0.25, 0.3) is 10.9 Å². The zero-order valence-electron chi connectivity index (χ0n) is 11.2. The van der Waals surface area contributed by atoms with Crippen LogP contribution in [0, 0.1) is 6.92 Å².